The van der Waals surface area contributed by atoms with Gasteiger partial charge in [-0.05, 0) is 51.3 Å². The van der Waals surface area contributed by atoms with Crippen molar-refractivity contribution in [3.63, 3.8) is 0 Å². The molecule has 6 heteroatoms. The van der Waals surface area contributed by atoms with Crippen LogP contribution < -0.4 is 5.32 Å². The second kappa shape index (κ2) is 9.92. The predicted molar refractivity (Wildman–Crippen MR) is 116 cm³/mol. The molecule has 1 N–H and O–H groups in total. The lowest BCUT2D eigenvalue weighted by molar-refractivity contribution is -0.0817. The summed E-state index contributed by atoms with van der Waals surface area (Å²) in [5.41, 5.74) is 2.70. The summed E-state index contributed by atoms with van der Waals surface area (Å²) in [5.74, 6) is 0.979. The van der Waals surface area contributed by atoms with E-state index in [1.54, 1.807) is 0 Å². The zero-order valence-electron chi connectivity index (χ0n) is 18.0. The number of benzene rings is 1. The molecule has 3 atom stereocenters. The van der Waals surface area contributed by atoms with Crippen LogP contribution in [0.15, 0.2) is 29.3 Å². The first-order chi connectivity index (χ1) is 14.2. The van der Waals surface area contributed by atoms with Crippen LogP contribution in [-0.2, 0) is 9.47 Å². The van der Waals surface area contributed by atoms with Crippen LogP contribution in [-0.4, -0.2) is 81.0 Å². The van der Waals surface area contributed by atoms with Gasteiger partial charge in [0.2, 0.25) is 0 Å². The van der Waals surface area contributed by atoms with E-state index in [4.69, 9.17) is 9.47 Å². The molecule has 3 saturated heterocycles. The molecule has 3 heterocycles. The average Bonchev–Trinajstić information content (AvgIpc) is 3.47. The van der Waals surface area contributed by atoms with E-state index in [1.165, 1.54) is 37.1 Å². The van der Waals surface area contributed by atoms with Crippen LogP contribution in [0, 0.1) is 6.92 Å². The van der Waals surface area contributed by atoms with Crippen molar-refractivity contribution < 1.29 is 9.47 Å². The number of nitrogens with one attached hydrogen (secondary N) is 1. The van der Waals surface area contributed by atoms with Gasteiger partial charge in [-0.2, -0.15) is 0 Å². The van der Waals surface area contributed by atoms with Crippen molar-refractivity contribution in [1.29, 1.82) is 0 Å². The van der Waals surface area contributed by atoms with E-state index in [1.807, 2.05) is 7.05 Å². The molecule has 0 spiro atoms. The van der Waals surface area contributed by atoms with Gasteiger partial charge in [-0.25, -0.2) is 0 Å². The largest absolute Gasteiger partial charge is 0.375 e. The number of nitrogens with zero attached hydrogens (tertiary/aromatic N) is 3. The second-order valence-electron chi connectivity index (χ2n) is 8.50. The van der Waals surface area contributed by atoms with Crippen LogP contribution in [0.1, 0.15) is 42.9 Å². The molecule has 3 unspecified atom stereocenters. The van der Waals surface area contributed by atoms with E-state index >= 15 is 0 Å². The van der Waals surface area contributed by atoms with Crippen molar-refractivity contribution in [2.75, 3.05) is 53.0 Å². The Balaban J connectivity index is 1.40. The van der Waals surface area contributed by atoms with Gasteiger partial charge < -0.3 is 19.7 Å². The fourth-order valence-corrected chi connectivity index (χ4v) is 4.81. The number of morpholine rings is 1. The Labute approximate surface area is 175 Å². The molecular formula is C23H36N4O2. The van der Waals surface area contributed by atoms with Crippen molar-refractivity contribution in [2.45, 2.75) is 50.9 Å². The maximum Gasteiger partial charge on any atom is 0.193 e. The average molecular weight is 401 g/mol. The molecular weight excluding hydrogens is 364 g/mol. The van der Waals surface area contributed by atoms with E-state index in [-0.39, 0.29) is 12.2 Å². The third-order valence-corrected chi connectivity index (χ3v) is 6.48. The summed E-state index contributed by atoms with van der Waals surface area (Å²) in [7, 11) is 1.88. The number of aliphatic imine (C=N–C) groups is 1. The van der Waals surface area contributed by atoms with Gasteiger partial charge in [0.25, 0.3) is 0 Å². The second-order valence-corrected chi connectivity index (χ2v) is 8.50. The first-order valence-corrected chi connectivity index (χ1v) is 11.2. The van der Waals surface area contributed by atoms with Crippen molar-refractivity contribution in [3.8, 4) is 0 Å². The van der Waals surface area contributed by atoms with Gasteiger partial charge in [0, 0.05) is 33.3 Å². The Kier molecular flexibility index (Phi) is 7.06. The van der Waals surface area contributed by atoms with Gasteiger partial charge in [0.05, 0.1) is 18.8 Å². The number of ether oxygens (including phenoxy) is 2. The highest BCUT2D eigenvalue weighted by Crippen LogP contribution is 2.25. The lowest BCUT2D eigenvalue weighted by Gasteiger charge is -2.38. The van der Waals surface area contributed by atoms with Crippen molar-refractivity contribution >= 4 is 5.96 Å². The zero-order chi connectivity index (χ0) is 20.1. The summed E-state index contributed by atoms with van der Waals surface area (Å²) in [4.78, 5) is 9.55. The third-order valence-electron chi connectivity index (χ3n) is 6.48. The molecule has 0 bridgehead atoms. The highest BCUT2D eigenvalue weighted by Gasteiger charge is 2.32. The number of likely N-dealkylation sites (tertiary alicyclic amines) is 1. The fraction of sp³-hybridized carbons (Fsp3) is 0.696. The Morgan fingerprint density at radius 1 is 1.07 bits per heavy atom. The number of guanidine groups is 1. The lowest BCUT2D eigenvalue weighted by atomic mass is 10.0. The molecule has 0 radical (unpaired) electrons. The predicted octanol–water partition coefficient (Wildman–Crippen LogP) is 2.59. The molecule has 0 aliphatic carbocycles. The summed E-state index contributed by atoms with van der Waals surface area (Å²) in [6.45, 7) is 8.71. The van der Waals surface area contributed by atoms with E-state index in [0.29, 0.717) is 6.04 Å². The van der Waals surface area contributed by atoms with E-state index < -0.39 is 0 Å². The van der Waals surface area contributed by atoms with Crippen molar-refractivity contribution in [2.24, 2.45) is 4.99 Å². The molecule has 0 amide bonds. The molecule has 3 aliphatic heterocycles. The molecule has 0 aromatic heterocycles. The third kappa shape index (κ3) is 5.11. The Morgan fingerprint density at radius 3 is 2.52 bits per heavy atom. The quantitative estimate of drug-likeness (QED) is 0.608. The molecule has 29 heavy (non-hydrogen) atoms. The Hall–Kier alpha value is -1.63. The van der Waals surface area contributed by atoms with E-state index in [2.05, 4.69) is 51.3 Å². The standard InChI is InChI=1S/C23H36N4O2/c1-18-7-9-19(10-8-18)20(26-11-3-4-12-26)16-25-23(24-2)27-13-15-29-22(17-27)21-6-5-14-28-21/h7-10,20-22H,3-6,11-17H2,1-2H3,(H,24,25). The van der Waals surface area contributed by atoms with Crippen LogP contribution in [0.25, 0.3) is 0 Å². The fourth-order valence-electron chi connectivity index (χ4n) is 4.81. The number of hydrogen-bond donors (Lipinski definition) is 1. The molecule has 1 aromatic carbocycles. The van der Waals surface area contributed by atoms with Gasteiger partial charge in [-0.3, -0.25) is 9.89 Å². The van der Waals surface area contributed by atoms with Crippen LogP contribution in [0.2, 0.25) is 0 Å². The summed E-state index contributed by atoms with van der Waals surface area (Å²) >= 11 is 0. The molecule has 3 aliphatic rings. The lowest BCUT2D eigenvalue weighted by Crippen LogP contribution is -2.54. The summed E-state index contributed by atoms with van der Waals surface area (Å²) in [5, 5.41) is 3.68. The number of aryl methyl sites for hydroxylation is 1. The minimum atomic E-state index is 0.149. The normalized spacial score (nSPS) is 27.4. The minimum Gasteiger partial charge on any atom is -0.375 e. The topological polar surface area (TPSA) is 49.3 Å². The maximum absolute atomic E-state index is 6.02. The monoisotopic (exact) mass is 400 g/mol. The molecule has 4 rings (SSSR count). The molecule has 1 aromatic rings. The molecule has 6 nitrogen and oxygen atoms in total. The number of hydrogen-bond acceptors (Lipinski definition) is 4. The number of rotatable bonds is 5. The van der Waals surface area contributed by atoms with Gasteiger partial charge in [0.15, 0.2) is 5.96 Å². The van der Waals surface area contributed by atoms with E-state index in [9.17, 15) is 0 Å². The summed E-state index contributed by atoms with van der Waals surface area (Å²) < 4.78 is 11.9. The first kappa shape index (κ1) is 20.6. The minimum absolute atomic E-state index is 0.149. The smallest absolute Gasteiger partial charge is 0.193 e. The molecule has 160 valence electrons. The van der Waals surface area contributed by atoms with Crippen LogP contribution in [0.5, 0.6) is 0 Å². The van der Waals surface area contributed by atoms with Crippen molar-refractivity contribution in [3.05, 3.63) is 35.4 Å². The van der Waals surface area contributed by atoms with Crippen molar-refractivity contribution in [1.82, 2.24) is 15.1 Å². The highest BCUT2D eigenvalue weighted by molar-refractivity contribution is 5.80. The zero-order valence-corrected chi connectivity index (χ0v) is 18.0. The summed E-state index contributed by atoms with van der Waals surface area (Å²) in [6.07, 6.45) is 5.23. The van der Waals surface area contributed by atoms with Crippen LogP contribution >= 0.6 is 0 Å². The Bertz CT molecular complexity index is 666. The first-order valence-electron chi connectivity index (χ1n) is 11.2. The van der Waals surface area contributed by atoms with Gasteiger partial charge in [-0.15, -0.1) is 0 Å². The van der Waals surface area contributed by atoms with Crippen LogP contribution in [0.3, 0.4) is 0 Å². The van der Waals surface area contributed by atoms with Gasteiger partial charge >= 0.3 is 0 Å². The van der Waals surface area contributed by atoms with Gasteiger partial charge in [0.1, 0.15) is 6.10 Å². The maximum atomic E-state index is 6.02. The molecule has 0 saturated carbocycles. The SMILES string of the molecule is CN=C(NCC(c1ccc(C)cc1)N1CCCC1)N1CCOC(C2CCCO2)C1. The van der Waals surface area contributed by atoms with E-state index in [0.717, 1.165) is 51.6 Å². The van der Waals surface area contributed by atoms with Gasteiger partial charge in [-0.1, -0.05) is 29.8 Å². The summed E-state index contributed by atoms with van der Waals surface area (Å²) in [6, 6.07) is 9.39. The highest BCUT2D eigenvalue weighted by atomic mass is 16.5. The molecule has 3 fully saturated rings. The van der Waals surface area contributed by atoms with Crippen LogP contribution in [0.4, 0.5) is 0 Å². The Morgan fingerprint density at radius 2 is 1.83 bits per heavy atom.